The molecule has 0 radical (unpaired) electrons. The standard InChI is InChI=1S/C18H19FN2O/c19-16-9-7-15(8-10-16)18(22)21-12-4-11-20(13-14-21)17-5-2-1-3-6-17/h1-3,5-10H,4,11-14H2. The predicted molar refractivity (Wildman–Crippen MR) is 85.6 cm³/mol. The first kappa shape index (κ1) is 14.6. The SMILES string of the molecule is O=C(c1ccc(F)cc1)N1CCCN(c2ccccc2)CC1. The third-order valence-corrected chi connectivity index (χ3v) is 4.00. The molecular formula is C18H19FN2O. The molecule has 1 saturated heterocycles. The van der Waals surface area contributed by atoms with Gasteiger partial charge in [0.25, 0.3) is 5.91 Å². The molecular weight excluding hydrogens is 279 g/mol. The summed E-state index contributed by atoms with van der Waals surface area (Å²) >= 11 is 0. The number of nitrogens with zero attached hydrogens (tertiary/aromatic N) is 2. The molecule has 1 aliphatic heterocycles. The van der Waals surface area contributed by atoms with Gasteiger partial charge in [0.15, 0.2) is 0 Å². The van der Waals surface area contributed by atoms with Crippen LogP contribution in [0.1, 0.15) is 16.8 Å². The summed E-state index contributed by atoms with van der Waals surface area (Å²) in [5.41, 5.74) is 1.74. The summed E-state index contributed by atoms with van der Waals surface area (Å²) < 4.78 is 13.0. The average Bonchev–Trinajstić information content (AvgIpc) is 2.82. The number of rotatable bonds is 2. The fourth-order valence-corrected chi connectivity index (χ4v) is 2.79. The van der Waals surface area contributed by atoms with Gasteiger partial charge in [0.2, 0.25) is 0 Å². The fraction of sp³-hybridized carbons (Fsp3) is 0.278. The summed E-state index contributed by atoms with van der Waals surface area (Å²) in [5.74, 6) is -0.336. The van der Waals surface area contributed by atoms with Crippen molar-refractivity contribution < 1.29 is 9.18 Å². The Kier molecular flexibility index (Phi) is 4.37. The Morgan fingerprint density at radius 3 is 2.32 bits per heavy atom. The van der Waals surface area contributed by atoms with Crippen molar-refractivity contribution in [2.45, 2.75) is 6.42 Å². The van der Waals surface area contributed by atoms with Crippen LogP contribution in [0.4, 0.5) is 10.1 Å². The summed E-state index contributed by atoms with van der Waals surface area (Å²) in [7, 11) is 0. The summed E-state index contributed by atoms with van der Waals surface area (Å²) in [6, 6.07) is 16.0. The van der Waals surface area contributed by atoms with Gasteiger partial charge >= 0.3 is 0 Å². The number of amides is 1. The van der Waals surface area contributed by atoms with Crippen LogP contribution in [0.25, 0.3) is 0 Å². The van der Waals surface area contributed by atoms with Crippen LogP contribution in [0.2, 0.25) is 0 Å². The van der Waals surface area contributed by atoms with Crippen molar-refractivity contribution in [3.05, 3.63) is 66.0 Å². The first-order valence-corrected chi connectivity index (χ1v) is 7.59. The molecule has 3 rings (SSSR count). The lowest BCUT2D eigenvalue weighted by molar-refractivity contribution is 0.0767. The van der Waals surface area contributed by atoms with Gasteiger partial charge in [-0.3, -0.25) is 4.79 Å². The van der Waals surface area contributed by atoms with Crippen LogP contribution in [0.3, 0.4) is 0 Å². The van der Waals surface area contributed by atoms with Gasteiger partial charge in [-0.15, -0.1) is 0 Å². The van der Waals surface area contributed by atoms with Gasteiger partial charge in [-0.05, 0) is 42.8 Å². The quantitative estimate of drug-likeness (QED) is 0.850. The number of anilines is 1. The smallest absolute Gasteiger partial charge is 0.253 e. The Morgan fingerprint density at radius 2 is 1.59 bits per heavy atom. The Labute approximate surface area is 130 Å². The third kappa shape index (κ3) is 3.27. The van der Waals surface area contributed by atoms with Gasteiger partial charge in [-0.2, -0.15) is 0 Å². The lowest BCUT2D eigenvalue weighted by atomic mass is 10.2. The number of carbonyl (C=O) groups excluding carboxylic acids is 1. The van der Waals surface area contributed by atoms with Crippen molar-refractivity contribution in [2.75, 3.05) is 31.1 Å². The van der Waals surface area contributed by atoms with E-state index in [9.17, 15) is 9.18 Å². The number of para-hydroxylation sites is 1. The molecule has 1 fully saturated rings. The minimum atomic E-state index is -0.317. The second kappa shape index (κ2) is 6.60. The van der Waals surface area contributed by atoms with Crippen molar-refractivity contribution in [3.8, 4) is 0 Å². The predicted octanol–water partition coefficient (Wildman–Crippen LogP) is 3.18. The summed E-state index contributed by atoms with van der Waals surface area (Å²) in [6.07, 6.45) is 0.932. The molecule has 114 valence electrons. The van der Waals surface area contributed by atoms with Gasteiger partial charge in [-0.25, -0.2) is 4.39 Å². The molecule has 0 aliphatic carbocycles. The molecule has 3 nitrogen and oxygen atoms in total. The molecule has 0 unspecified atom stereocenters. The van der Waals surface area contributed by atoms with Crippen molar-refractivity contribution in [2.24, 2.45) is 0 Å². The minimum Gasteiger partial charge on any atom is -0.370 e. The van der Waals surface area contributed by atoms with Crippen molar-refractivity contribution in [3.63, 3.8) is 0 Å². The van der Waals surface area contributed by atoms with E-state index in [4.69, 9.17) is 0 Å². The van der Waals surface area contributed by atoms with E-state index in [1.54, 1.807) is 12.1 Å². The molecule has 0 bridgehead atoms. The Balaban J connectivity index is 1.67. The maximum Gasteiger partial charge on any atom is 0.253 e. The van der Waals surface area contributed by atoms with Crippen LogP contribution >= 0.6 is 0 Å². The summed E-state index contributed by atoms with van der Waals surface area (Å²) in [6.45, 7) is 3.18. The van der Waals surface area contributed by atoms with E-state index >= 15 is 0 Å². The molecule has 0 N–H and O–H groups in total. The van der Waals surface area contributed by atoms with Gasteiger partial charge in [0.1, 0.15) is 5.82 Å². The van der Waals surface area contributed by atoms with Crippen LogP contribution in [-0.2, 0) is 0 Å². The van der Waals surface area contributed by atoms with E-state index in [1.165, 1.54) is 17.8 Å². The first-order chi connectivity index (χ1) is 10.7. The van der Waals surface area contributed by atoms with Crippen LogP contribution in [-0.4, -0.2) is 37.0 Å². The maximum absolute atomic E-state index is 13.0. The van der Waals surface area contributed by atoms with Gasteiger partial charge in [0, 0.05) is 37.4 Å². The van der Waals surface area contributed by atoms with Crippen molar-refractivity contribution >= 4 is 11.6 Å². The van der Waals surface area contributed by atoms with Crippen molar-refractivity contribution in [1.82, 2.24) is 4.90 Å². The molecule has 1 aliphatic rings. The van der Waals surface area contributed by atoms with E-state index in [2.05, 4.69) is 17.0 Å². The molecule has 22 heavy (non-hydrogen) atoms. The fourth-order valence-electron chi connectivity index (χ4n) is 2.79. The van der Waals surface area contributed by atoms with Gasteiger partial charge in [-0.1, -0.05) is 18.2 Å². The molecule has 1 amide bonds. The van der Waals surface area contributed by atoms with E-state index < -0.39 is 0 Å². The highest BCUT2D eigenvalue weighted by Crippen LogP contribution is 2.17. The first-order valence-electron chi connectivity index (χ1n) is 7.59. The highest BCUT2D eigenvalue weighted by molar-refractivity contribution is 5.94. The Hall–Kier alpha value is -2.36. The van der Waals surface area contributed by atoms with Crippen LogP contribution in [0, 0.1) is 5.82 Å². The van der Waals surface area contributed by atoms with Crippen LogP contribution in [0.5, 0.6) is 0 Å². The van der Waals surface area contributed by atoms with Crippen molar-refractivity contribution in [1.29, 1.82) is 0 Å². The molecule has 0 saturated carbocycles. The Morgan fingerprint density at radius 1 is 0.864 bits per heavy atom. The summed E-state index contributed by atoms with van der Waals surface area (Å²) in [4.78, 5) is 16.7. The Bertz CT molecular complexity index is 627. The summed E-state index contributed by atoms with van der Waals surface area (Å²) in [5, 5.41) is 0. The van der Waals surface area contributed by atoms with Crippen LogP contribution < -0.4 is 4.90 Å². The number of hydrogen-bond donors (Lipinski definition) is 0. The number of halogens is 1. The molecule has 2 aromatic carbocycles. The zero-order chi connectivity index (χ0) is 15.4. The molecule has 0 aromatic heterocycles. The maximum atomic E-state index is 13.0. The molecule has 2 aromatic rings. The van der Waals surface area contributed by atoms with E-state index in [1.807, 2.05) is 23.1 Å². The minimum absolute atomic E-state index is 0.0186. The zero-order valence-electron chi connectivity index (χ0n) is 12.4. The van der Waals surface area contributed by atoms with Gasteiger partial charge < -0.3 is 9.80 Å². The van der Waals surface area contributed by atoms with E-state index in [0.29, 0.717) is 12.1 Å². The highest BCUT2D eigenvalue weighted by atomic mass is 19.1. The average molecular weight is 298 g/mol. The molecule has 1 heterocycles. The van der Waals surface area contributed by atoms with Crippen LogP contribution in [0.15, 0.2) is 54.6 Å². The van der Waals surface area contributed by atoms with E-state index in [0.717, 1.165) is 26.1 Å². The highest BCUT2D eigenvalue weighted by Gasteiger charge is 2.20. The second-order valence-corrected chi connectivity index (χ2v) is 5.48. The number of carbonyl (C=O) groups is 1. The van der Waals surface area contributed by atoms with E-state index in [-0.39, 0.29) is 11.7 Å². The normalized spacial score (nSPS) is 15.5. The van der Waals surface area contributed by atoms with Gasteiger partial charge in [0.05, 0.1) is 0 Å². The zero-order valence-corrected chi connectivity index (χ0v) is 12.4. The molecule has 0 atom stereocenters. The molecule has 4 heteroatoms. The lowest BCUT2D eigenvalue weighted by Crippen LogP contribution is -2.35. The monoisotopic (exact) mass is 298 g/mol. The number of hydrogen-bond acceptors (Lipinski definition) is 2. The molecule has 0 spiro atoms. The lowest BCUT2D eigenvalue weighted by Gasteiger charge is -2.23. The number of benzene rings is 2. The second-order valence-electron chi connectivity index (χ2n) is 5.48. The topological polar surface area (TPSA) is 23.6 Å². The third-order valence-electron chi connectivity index (χ3n) is 4.00. The largest absolute Gasteiger partial charge is 0.370 e.